The fraction of sp³-hybridized carbons (Fsp3) is 0.200. The average molecular weight is 482 g/mol. The van der Waals surface area contributed by atoms with Crippen molar-refractivity contribution in [3.8, 4) is 5.75 Å². The van der Waals surface area contributed by atoms with Gasteiger partial charge in [0.2, 0.25) is 5.91 Å². The summed E-state index contributed by atoms with van der Waals surface area (Å²) in [6.45, 7) is 1.64. The molecule has 0 bridgehead atoms. The van der Waals surface area contributed by atoms with Gasteiger partial charge in [-0.1, -0.05) is 54.6 Å². The molecule has 3 aromatic carbocycles. The molecular weight excluding hydrogens is 454 g/mol. The highest BCUT2D eigenvalue weighted by atomic mass is 32.2. The number of hydrogen-bond donors (Lipinski definition) is 2. The summed E-state index contributed by atoms with van der Waals surface area (Å²) < 4.78 is 32.7. The van der Waals surface area contributed by atoms with Crippen LogP contribution in [0.2, 0.25) is 0 Å². The zero-order valence-corrected chi connectivity index (χ0v) is 20.0. The lowest BCUT2D eigenvalue weighted by atomic mass is 10.0. The molecule has 34 heavy (non-hydrogen) atoms. The number of ether oxygens (including phenoxy) is 1. The molecule has 9 heteroatoms. The molecule has 0 spiro atoms. The molecule has 0 saturated carbocycles. The van der Waals surface area contributed by atoms with Crippen molar-refractivity contribution in [3.05, 3.63) is 90.0 Å². The summed E-state index contributed by atoms with van der Waals surface area (Å²) in [5.41, 5.74) is 1.87. The van der Waals surface area contributed by atoms with E-state index >= 15 is 0 Å². The number of urea groups is 1. The predicted molar refractivity (Wildman–Crippen MR) is 130 cm³/mol. The van der Waals surface area contributed by atoms with Crippen LogP contribution in [0.25, 0.3) is 0 Å². The van der Waals surface area contributed by atoms with Gasteiger partial charge in [-0.3, -0.25) is 4.79 Å². The monoisotopic (exact) mass is 481 g/mol. The predicted octanol–water partition coefficient (Wildman–Crippen LogP) is 3.27. The molecule has 0 aliphatic heterocycles. The van der Waals surface area contributed by atoms with Crippen LogP contribution in [-0.2, 0) is 21.2 Å². The Balaban J connectivity index is 1.83. The van der Waals surface area contributed by atoms with Gasteiger partial charge in [0.1, 0.15) is 11.8 Å². The Hall–Kier alpha value is -3.85. The number of carbonyl (C=O) groups excluding carboxylic acids is 2. The van der Waals surface area contributed by atoms with E-state index in [-0.39, 0.29) is 11.3 Å². The first kappa shape index (κ1) is 24.8. The maximum Gasteiger partial charge on any atom is 0.329 e. The number of methoxy groups -OCH3 is 1. The fourth-order valence-electron chi connectivity index (χ4n) is 3.45. The van der Waals surface area contributed by atoms with E-state index in [1.807, 2.05) is 35.1 Å². The third-order valence-electron chi connectivity index (χ3n) is 5.27. The lowest BCUT2D eigenvalue weighted by molar-refractivity contribution is -0.120. The summed E-state index contributed by atoms with van der Waals surface area (Å²) in [5.74, 6) is 0.160. The minimum Gasteiger partial charge on any atom is -0.497 e. The molecule has 3 aromatic rings. The molecule has 0 radical (unpaired) electrons. The lowest BCUT2D eigenvalue weighted by Gasteiger charge is -2.25. The Morgan fingerprint density at radius 1 is 0.971 bits per heavy atom. The number of nitrogens with zero attached hydrogens (tertiary/aromatic N) is 1. The van der Waals surface area contributed by atoms with Crippen LogP contribution in [0.5, 0.6) is 5.75 Å². The number of anilines is 1. The highest BCUT2D eigenvalue weighted by Gasteiger charge is 2.28. The first-order valence-corrected chi connectivity index (χ1v) is 12.0. The van der Waals surface area contributed by atoms with Gasteiger partial charge < -0.3 is 15.0 Å². The number of carbonyl (C=O) groups is 2. The fourth-order valence-corrected chi connectivity index (χ4v) is 4.62. The van der Waals surface area contributed by atoms with Gasteiger partial charge in [-0.25, -0.2) is 17.9 Å². The lowest BCUT2D eigenvalue weighted by Crippen LogP contribution is -2.52. The van der Waals surface area contributed by atoms with Crippen molar-refractivity contribution in [2.75, 3.05) is 19.1 Å². The second-order valence-corrected chi connectivity index (χ2v) is 9.34. The number of hydrogen-bond acceptors (Lipinski definition) is 5. The third-order valence-corrected chi connectivity index (χ3v) is 6.76. The van der Waals surface area contributed by atoms with E-state index in [9.17, 15) is 18.0 Å². The number of likely N-dealkylation sites (N-methyl/N-ethyl adjacent to an activating group) is 1. The first-order valence-electron chi connectivity index (χ1n) is 10.6. The third kappa shape index (κ3) is 6.14. The minimum absolute atomic E-state index is 0.00964. The van der Waals surface area contributed by atoms with Crippen LogP contribution in [0.15, 0.2) is 83.8 Å². The summed E-state index contributed by atoms with van der Waals surface area (Å²) in [5, 5.41) is 2.54. The highest BCUT2D eigenvalue weighted by molar-refractivity contribution is 7.90. The van der Waals surface area contributed by atoms with Crippen molar-refractivity contribution in [2.45, 2.75) is 24.3 Å². The molecule has 2 N–H and O–H groups in total. The quantitative estimate of drug-likeness (QED) is 0.514. The van der Waals surface area contributed by atoms with Crippen LogP contribution in [0.3, 0.4) is 0 Å². The van der Waals surface area contributed by atoms with Gasteiger partial charge in [-0.15, -0.1) is 0 Å². The van der Waals surface area contributed by atoms with Crippen molar-refractivity contribution in [3.63, 3.8) is 0 Å². The number of aryl methyl sites for hydroxylation is 1. The second kappa shape index (κ2) is 10.8. The first-order chi connectivity index (χ1) is 16.2. The van der Waals surface area contributed by atoms with Gasteiger partial charge >= 0.3 is 6.03 Å². The van der Waals surface area contributed by atoms with Crippen LogP contribution >= 0.6 is 0 Å². The molecule has 0 aliphatic rings. The standard InChI is InChI=1S/C25H27N3O5S/c1-18-10-7-8-15-23(18)34(31,32)27-25(30)26-22(16-19-11-5-4-6-12-19)24(29)28(2)20-13-9-14-21(17-20)33-3/h4-15,17,22H,16H2,1-3H3,(H2,26,27,30). The summed E-state index contributed by atoms with van der Waals surface area (Å²) in [6, 6.07) is 20.4. The minimum atomic E-state index is -4.12. The number of sulfonamides is 1. The highest BCUT2D eigenvalue weighted by Crippen LogP contribution is 2.21. The molecule has 0 aromatic heterocycles. The van der Waals surface area contributed by atoms with E-state index in [1.165, 1.54) is 18.1 Å². The van der Waals surface area contributed by atoms with E-state index in [2.05, 4.69) is 5.32 Å². The van der Waals surface area contributed by atoms with E-state index in [1.54, 1.807) is 56.4 Å². The number of nitrogens with one attached hydrogen (secondary N) is 2. The van der Waals surface area contributed by atoms with Gasteiger partial charge in [0.05, 0.1) is 12.0 Å². The second-order valence-electron chi connectivity index (χ2n) is 7.69. The van der Waals surface area contributed by atoms with E-state index in [0.717, 1.165) is 5.56 Å². The molecule has 3 amide bonds. The van der Waals surface area contributed by atoms with Crippen LogP contribution < -0.4 is 19.7 Å². The van der Waals surface area contributed by atoms with Crippen molar-refractivity contribution in [2.24, 2.45) is 0 Å². The molecule has 0 aliphatic carbocycles. The van der Waals surface area contributed by atoms with Crippen molar-refractivity contribution in [1.29, 1.82) is 0 Å². The Bertz CT molecular complexity index is 1260. The summed E-state index contributed by atoms with van der Waals surface area (Å²) in [7, 11) is -1.01. The molecule has 0 fully saturated rings. The summed E-state index contributed by atoms with van der Waals surface area (Å²) >= 11 is 0. The molecule has 0 saturated heterocycles. The van der Waals surface area contributed by atoms with Gasteiger partial charge in [0, 0.05) is 25.2 Å². The summed E-state index contributed by atoms with van der Waals surface area (Å²) in [4.78, 5) is 27.5. The summed E-state index contributed by atoms with van der Waals surface area (Å²) in [6.07, 6.45) is 0.172. The topological polar surface area (TPSA) is 105 Å². The van der Waals surface area contributed by atoms with Crippen LogP contribution in [-0.4, -0.2) is 40.6 Å². The van der Waals surface area contributed by atoms with Gasteiger partial charge in [0.25, 0.3) is 10.0 Å². The van der Waals surface area contributed by atoms with Crippen molar-refractivity contribution in [1.82, 2.24) is 10.0 Å². The molecule has 3 rings (SSSR count). The van der Waals surface area contributed by atoms with Gasteiger partial charge in [-0.2, -0.15) is 0 Å². The maximum atomic E-state index is 13.4. The Morgan fingerprint density at radius 3 is 2.32 bits per heavy atom. The van der Waals surface area contributed by atoms with E-state index < -0.39 is 28.0 Å². The molecule has 0 heterocycles. The number of rotatable bonds is 8. The molecule has 1 unspecified atom stereocenters. The number of amides is 3. The zero-order valence-electron chi connectivity index (χ0n) is 19.2. The Kier molecular flexibility index (Phi) is 7.91. The van der Waals surface area contributed by atoms with Crippen LogP contribution in [0.4, 0.5) is 10.5 Å². The van der Waals surface area contributed by atoms with Crippen LogP contribution in [0.1, 0.15) is 11.1 Å². The molecule has 1 atom stereocenters. The van der Waals surface area contributed by atoms with Gasteiger partial charge in [-0.05, 0) is 36.2 Å². The van der Waals surface area contributed by atoms with Gasteiger partial charge in [0.15, 0.2) is 0 Å². The number of benzene rings is 3. The smallest absolute Gasteiger partial charge is 0.329 e. The van der Waals surface area contributed by atoms with Crippen molar-refractivity contribution >= 4 is 27.6 Å². The SMILES string of the molecule is COc1cccc(N(C)C(=O)C(Cc2ccccc2)NC(=O)NS(=O)(=O)c2ccccc2C)c1. The normalized spacial score (nSPS) is 11.9. The molecule has 178 valence electrons. The average Bonchev–Trinajstić information content (AvgIpc) is 2.83. The maximum absolute atomic E-state index is 13.4. The Labute approximate surface area is 199 Å². The van der Waals surface area contributed by atoms with E-state index in [0.29, 0.717) is 17.0 Å². The molecule has 8 nitrogen and oxygen atoms in total. The van der Waals surface area contributed by atoms with Crippen molar-refractivity contribution < 1.29 is 22.7 Å². The molecular formula is C25H27N3O5S. The van der Waals surface area contributed by atoms with E-state index in [4.69, 9.17) is 4.74 Å². The van der Waals surface area contributed by atoms with Crippen LogP contribution in [0, 0.1) is 6.92 Å². The zero-order chi connectivity index (χ0) is 24.7. The Morgan fingerprint density at radius 2 is 1.65 bits per heavy atom. The largest absolute Gasteiger partial charge is 0.497 e.